The summed E-state index contributed by atoms with van der Waals surface area (Å²) in [6.07, 6.45) is 6.97. The minimum Gasteiger partial charge on any atom is -0.393 e. The number of nitrogens with one attached hydrogen (secondary N) is 2. The van der Waals surface area contributed by atoms with Crippen molar-refractivity contribution in [1.29, 1.82) is 0 Å². The Morgan fingerprint density at radius 1 is 1.22 bits per heavy atom. The molecule has 3 rings (SSSR count). The zero-order chi connectivity index (χ0) is 26.8. The van der Waals surface area contributed by atoms with Crippen LogP contribution in [0.15, 0.2) is 18.2 Å². The topological polar surface area (TPSA) is 94.1 Å². The molecule has 4 N–H and O–H groups in total. The van der Waals surface area contributed by atoms with Gasteiger partial charge in [0.25, 0.3) is 0 Å². The molecule has 1 heterocycles. The average molecular weight is 526 g/mol. The molecule has 1 aromatic carbocycles. The van der Waals surface area contributed by atoms with Gasteiger partial charge in [-0.3, -0.25) is 0 Å². The van der Waals surface area contributed by atoms with E-state index in [4.69, 9.17) is 4.74 Å². The second kappa shape index (κ2) is 14.4. The lowest BCUT2D eigenvalue weighted by atomic mass is 9.74. The van der Waals surface area contributed by atoms with Crippen molar-refractivity contribution in [2.75, 3.05) is 40.4 Å². The lowest BCUT2D eigenvalue weighted by Crippen LogP contribution is -2.54. The van der Waals surface area contributed by atoms with E-state index < -0.39 is 23.2 Å². The summed E-state index contributed by atoms with van der Waals surface area (Å²) in [5, 5.41) is 28.0. The van der Waals surface area contributed by atoms with Gasteiger partial charge in [0, 0.05) is 50.9 Å². The van der Waals surface area contributed by atoms with Gasteiger partial charge in [-0.25, -0.2) is 13.6 Å². The summed E-state index contributed by atoms with van der Waals surface area (Å²) in [4.78, 5) is 15.0. The van der Waals surface area contributed by atoms with E-state index in [9.17, 15) is 23.8 Å². The number of likely N-dealkylation sites (tertiary alicyclic amines) is 1. The number of urea groups is 1. The fourth-order valence-electron chi connectivity index (χ4n) is 6.08. The van der Waals surface area contributed by atoms with E-state index in [1.54, 1.807) is 12.0 Å². The molecular formula is C28H45F2N3O4. The Morgan fingerprint density at radius 2 is 1.97 bits per heavy atom. The molecule has 3 atom stereocenters. The Labute approximate surface area is 220 Å². The van der Waals surface area contributed by atoms with Crippen molar-refractivity contribution in [1.82, 2.24) is 15.5 Å². The molecule has 1 saturated carbocycles. The number of unbranched alkanes of at least 4 members (excludes halogenated alkanes) is 1. The smallest absolute Gasteiger partial charge is 0.317 e. The maximum absolute atomic E-state index is 14.9. The lowest BCUT2D eigenvalue weighted by Gasteiger charge is -2.43. The molecule has 1 aliphatic carbocycles. The molecule has 7 nitrogen and oxygen atoms in total. The highest BCUT2D eigenvalue weighted by Gasteiger charge is 2.43. The van der Waals surface area contributed by atoms with Crippen molar-refractivity contribution in [3.63, 3.8) is 0 Å². The van der Waals surface area contributed by atoms with Crippen molar-refractivity contribution < 1.29 is 28.5 Å². The molecule has 1 saturated heterocycles. The number of ether oxygens (including phenoxy) is 1. The summed E-state index contributed by atoms with van der Waals surface area (Å²) in [5.41, 5.74) is -1.63. The molecule has 0 spiro atoms. The summed E-state index contributed by atoms with van der Waals surface area (Å²) in [7, 11) is 3.47. The Morgan fingerprint density at radius 3 is 2.68 bits per heavy atom. The minimum absolute atomic E-state index is 0.0373. The minimum atomic E-state index is -1.59. The molecule has 2 aliphatic rings. The van der Waals surface area contributed by atoms with Gasteiger partial charge >= 0.3 is 6.03 Å². The maximum Gasteiger partial charge on any atom is 0.317 e. The van der Waals surface area contributed by atoms with Gasteiger partial charge < -0.3 is 30.5 Å². The quantitative estimate of drug-likeness (QED) is 0.311. The number of likely N-dealkylation sites (N-methyl/N-ethyl adjacent to an activating group) is 1. The highest BCUT2D eigenvalue weighted by molar-refractivity contribution is 5.74. The first-order valence-electron chi connectivity index (χ1n) is 13.8. The zero-order valence-electron chi connectivity index (χ0n) is 22.4. The van der Waals surface area contributed by atoms with Crippen molar-refractivity contribution in [3.8, 4) is 0 Å². The number of rotatable bonds is 12. The van der Waals surface area contributed by atoms with Crippen LogP contribution in [0.25, 0.3) is 0 Å². The number of carbonyl (C=O) groups is 1. The van der Waals surface area contributed by atoms with Gasteiger partial charge in [-0.15, -0.1) is 0 Å². The van der Waals surface area contributed by atoms with E-state index in [0.29, 0.717) is 51.3 Å². The number of piperidine rings is 1. The molecule has 37 heavy (non-hydrogen) atoms. The molecule has 0 radical (unpaired) electrons. The van der Waals surface area contributed by atoms with Crippen LogP contribution in [0.4, 0.5) is 13.6 Å². The Kier molecular flexibility index (Phi) is 11.6. The number of amides is 2. The second-order valence-corrected chi connectivity index (χ2v) is 10.9. The van der Waals surface area contributed by atoms with E-state index in [-0.39, 0.29) is 36.7 Å². The van der Waals surface area contributed by atoms with Crippen molar-refractivity contribution in [2.45, 2.75) is 82.0 Å². The fraction of sp³-hybridized carbons (Fsp3) is 0.750. The van der Waals surface area contributed by atoms with E-state index in [1.807, 2.05) is 7.05 Å². The van der Waals surface area contributed by atoms with Crippen LogP contribution >= 0.6 is 0 Å². The van der Waals surface area contributed by atoms with Gasteiger partial charge in [0.15, 0.2) is 11.6 Å². The molecule has 3 unspecified atom stereocenters. The first-order chi connectivity index (χ1) is 17.8. The Bertz CT molecular complexity index is 853. The largest absolute Gasteiger partial charge is 0.393 e. The third kappa shape index (κ3) is 8.09. The second-order valence-electron chi connectivity index (χ2n) is 10.9. The number of nitrogens with zero attached hydrogens (tertiary/aromatic N) is 1. The van der Waals surface area contributed by atoms with Crippen LogP contribution in [0, 0.1) is 23.5 Å². The summed E-state index contributed by atoms with van der Waals surface area (Å²) in [6.45, 7) is 1.98. The molecule has 210 valence electrons. The highest BCUT2D eigenvalue weighted by atomic mass is 19.2. The number of hydrogen-bond acceptors (Lipinski definition) is 5. The molecule has 0 bridgehead atoms. The number of aliphatic hydroxyl groups is 2. The number of halogens is 2. The van der Waals surface area contributed by atoms with Crippen LogP contribution in [-0.2, 0) is 10.3 Å². The number of aliphatic hydroxyl groups excluding tert-OH is 1. The molecule has 1 aromatic rings. The third-order valence-corrected chi connectivity index (χ3v) is 8.17. The van der Waals surface area contributed by atoms with E-state index in [0.717, 1.165) is 38.2 Å². The highest BCUT2D eigenvalue weighted by Crippen LogP contribution is 2.41. The molecule has 0 aromatic heterocycles. The van der Waals surface area contributed by atoms with Gasteiger partial charge in [-0.2, -0.15) is 0 Å². The van der Waals surface area contributed by atoms with Crippen LogP contribution in [0.1, 0.15) is 69.8 Å². The molecule has 1 aliphatic heterocycles. The maximum atomic E-state index is 14.9. The normalized spacial score (nSPS) is 24.9. The Balaban J connectivity index is 1.70. The van der Waals surface area contributed by atoms with Gasteiger partial charge in [0.05, 0.1) is 11.7 Å². The number of benzene rings is 1. The van der Waals surface area contributed by atoms with Crippen LogP contribution in [-0.4, -0.2) is 73.7 Å². The Hall–Kier alpha value is -1.81. The van der Waals surface area contributed by atoms with Gasteiger partial charge in [0.1, 0.15) is 0 Å². The van der Waals surface area contributed by atoms with E-state index in [1.165, 1.54) is 12.1 Å². The van der Waals surface area contributed by atoms with Gasteiger partial charge in [-0.05, 0) is 83.2 Å². The molecule has 2 amide bonds. The van der Waals surface area contributed by atoms with Crippen LogP contribution < -0.4 is 10.6 Å². The number of hydrogen-bond donors (Lipinski definition) is 4. The summed E-state index contributed by atoms with van der Waals surface area (Å²) in [6, 6.07) is 3.69. The predicted molar refractivity (Wildman–Crippen MR) is 139 cm³/mol. The molecular weight excluding hydrogens is 480 g/mol. The number of carbonyl (C=O) groups excluding carboxylic acids is 1. The standard InChI is InChI=1S/C28H45F2N3O4/c1-31-18-22(17-20-10-12-23(34)13-11-20)32-27(35)33-15-6-7-21(19-33)28(36,14-3-4-16-37-2)24-8-5-9-25(29)26(24)30/h5,8-9,20-23,31,34,36H,3-4,6-7,10-19H2,1-2H3,(H,32,35). The van der Waals surface area contributed by atoms with Gasteiger partial charge in [0.2, 0.25) is 0 Å². The number of methoxy groups -OCH3 is 1. The van der Waals surface area contributed by atoms with Crippen molar-refractivity contribution >= 4 is 6.03 Å². The SMILES string of the molecule is CNCC(CC1CCC(O)CC1)NC(=O)N1CCCC(C(O)(CCCCOC)c2cccc(F)c2F)C1. The van der Waals surface area contributed by atoms with Crippen molar-refractivity contribution in [3.05, 3.63) is 35.4 Å². The van der Waals surface area contributed by atoms with E-state index >= 15 is 0 Å². The lowest BCUT2D eigenvalue weighted by molar-refractivity contribution is -0.0591. The molecule has 9 heteroatoms. The summed E-state index contributed by atoms with van der Waals surface area (Å²) < 4.78 is 34.2. The summed E-state index contributed by atoms with van der Waals surface area (Å²) in [5.74, 6) is -1.97. The van der Waals surface area contributed by atoms with Crippen LogP contribution in [0.3, 0.4) is 0 Å². The fourth-order valence-corrected chi connectivity index (χ4v) is 6.08. The predicted octanol–water partition coefficient (Wildman–Crippen LogP) is 3.92. The first kappa shape index (κ1) is 29.7. The first-order valence-corrected chi connectivity index (χ1v) is 13.8. The third-order valence-electron chi connectivity index (χ3n) is 8.17. The zero-order valence-corrected chi connectivity index (χ0v) is 22.4. The monoisotopic (exact) mass is 525 g/mol. The van der Waals surface area contributed by atoms with Crippen molar-refractivity contribution in [2.24, 2.45) is 11.8 Å². The van der Waals surface area contributed by atoms with Crippen LogP contribution in [0.5, 0.6) is 0 Å². The van der Waals surface area contributed by atoms with Crippen LogP contribution in [0.2, 0.25) is 0 Å². The summed E-state index contributed by atoms with van der Waals surface area (Å²) >= 11 is 0. The molecule has 2 fully saturated rings. The van der Waals surface area contributed by atoms with Gasteiger partial charge in [-0.1, -0.05) is 12.1 Å². The average Bonchev–Trinajstić information content (AvgIpc) is 2.89. The van der Waals surface area contributed by atoms with E-state index in [2.05, 4.69) is 10.6 Å².